The highest BCUT2D eigenvalue weighted by molar-refractivity contribution is 7.47. The molecule has 0 aliphatic carbocycles. The fourth-order valence-electron chi connectivity index (χ4n) is 1.31. The number of phosphoric acid groups is 1. The average Bonchev–Trinajstić information content (AvgIpc) is 2.54. The van der Waals surface area contributed by atoms with Crippen molar-refractivity contribution in [3.8, 4) is 0 Å². The molecule has 0 saturated carbocycles. The van der Waals surface area contributed by atoms with Crippen LogP contribution in [0.1, 0.15) is 33.1 Å². The number of carbonyl (C=O) groups is 3. The lowest BCUT2D eigenvalue weighted by Gasteiger charge is -2.20. The van der Waals surface area contributed by atoms with Crippen molar-refractivity contribution >= 4 is 25.7 Å². The van der Waals surface area contributed by atoms with Crippen molar-refractivity contribution in [1.82, 2.24) is 0 Å². The van der Waals surface area contributed by atoms with Crippen LogP contribution in [-0.4, -0.2) is 59.9 Å². The average molecular weight is 385 g/mol. The predicted octanol–water partition coefficient (Wildman–Crippen LogP) is 0.197. The van der Waals surface area contributed by atoms with Gasteiger partial charge >= 0.3 is 25.7 Å². The van der Waals surface area contributed by atoms with Crippen LogP contribution in [0.15, 0.2) is 0 Å². The SMILES string of the molecule is CCCC(=O)O[C@H](COC(=O)CC)COP(=O)(O)OC[C@@H](N)C(=O)O. The van der Waals surface area contributed by atoms with E-state index in [1.54, 1.807) is 13.8 Å². The highest BCUT2D eigenvalue weighted by atomic mass is 31.2. The number of carbonyl (C=O) groups excluding carboxylic acids is 2. The van der Waals surface area contributed by atoms with Crippen LogP contribution in [0.5, 0.6) is 0 Å². The summed E-state index contributed by atoms with van der Waals surface area (Å²) in [4.78, 5) is 42.7. The van der Waals surface area contributed by atoms with Crippen molar-refractivity contribution in [3.05, 3.63) is 0 Å². The van der Waals surface area contributed by atoms with Crippen molar-refractivity contribution in [2.24, 2.45) is 5.73 Å². The van der Waals surface area contributed by atoms with Crippen LogP contribution >= 0.6 is 7.82 Å². The summed E-state index contributed by atoms with van der Waals surface area (Å²) in [7, 11) is -4.63. The van der Waals surface area contributed by atoms with Gasteiger partial charge in [0.1, 0.15) is 12.6 Å². The van der Waals surface area contributed by atoms with Gasteiger partial charge in [0.2, 0.25) is 0 Å². The van der Waals surface area contributed by atoms with E-state index in [2.05, 4.69) is 9.05 Å². The van der Waals surface area contributed by atoms with Crippen molar-refractivity contribution in [2.45, 2.75) is 45.3 Å². The number of carboxylic acids is 1. The molecule has 0 rings (SSSR count). The number of rotatable bonds is 13. The third kappa shape index (κ3) is 11.6. The Bertz CT molecular complexity index is 497. The molecule has 0 amide bonds. The van der Waals surface area contributed by atoms with Gasteiger partial charge in [-0.05, 0) is 6.42 Å². The third-order valence-electron chi connectivity index (χ3n) is 2.63. The second kappa shape index (κ2) is 11.9. The molecule has 0 aliphatic heterocycles. The minimum Gasteiger partial charge on any atom is -0.480 e. The van der Waals surface area contributed by atoms with E-state index in [0.717, 1.165) is 0 Å². The topological polar surface area (TPSA) is 172 Å². The van der Waals surface area contributed by atoms with E-state index in [1.807, 2.05) is 0 Å². The molecule has 0 aromatic carbocycles. The molecule has 146 valence electrons. The molecule has 0 heterocycles. The Labute approximate surface area is 145 Å². The molecule has 0 radical (unpaired) electrons. The van der Waals surface area contributed by atoms with Crippen LogP contribution in [0.2, 0.25) is 0 Å². The van der Waals surface area contributed by atoms with E-state index >= 15 is 0 Å². The fraction of sp³-hybridized carbons (Fsp3) is 0.769. The zero-order chi connectivity index (χ0) is 19.5. The van der Waals surface area contributed by atoms with E-state index < -0.39 is 51.1 Å². The Hall–Kier alpha value is -1.52. The van der Waals surface area contributed by atoms with Crippen molar-refractivity contribution < 1.29 is 47.5 Å². The standard InChI is InChI=1S/C13H24NO10P/c1-3-5-12(16)24-9(6-21-11(15)4-2)7-22-25(19,20)23-8-10(14)13(17)18/h9-10H,3-8,14H2,1-2H3,(H,17,18)(H,19,20)/t9-,10-/m1/s1. The summed E-state index contributed by atoms with van der Waals surface area (Å²) in [5.41, 5.74) is 5.14. The van der Waals surface area contributed by atoms with E-state index in [9.17, 15) is 23.8 Å². The Morgan fingerprint density at radius 1 is 1.08 bits per heavy atom. The first-order chi connectivity index (χ1) is 11.6. The quantitative estimate of drug-likeness (QED) is 0.292. The number of hydrogen-bond donors (Lipinski definition) is 3. The maximum absolute atomic E-state index is 11.7. The molecule has 25 heavy (non-hydrogen) atoms. The molecule has 3 atom stereocenters. The van der Waals surface area contributed by atoms with Crippen LogP contribution in [0.25, 0.3) is 0 Å². The van der Waals surface area contributed by atoms with Gasteiger partial charge in [-0.2, -0.15) is 0 Å². The monoisotopic (exact) mass is 385 g/mol. The molecule has 12 heteroatoms. The summed E-state index contributed by atoms with van der Waals surface area (Å²) in [6, 6.07) is -1.51. The minimum absolute atomic E-state index is 0.102. The van der Waals surface area contributed by atoms with Gasteiger partial charge in [0.15, 0.2) is 6.10 Å². The first kappa shape index (κ1) is 23.5. The number of carboxylic acid groups (broad SMARTS) is 1. The summed E-state index contributed by atoms with van der Waals surface area (Å²) in [5.74, 6) is -2.56. The molecule has 0 aromatic rings. The van der Waals surface area contributed by atoms with Crippen molar-refractivity contribution in [2.75, 3.05) is 19.8 Å². The van der Waals surface area contributed by atoms with Crippen molar-refractivity contribution in [3.63, 3.8) is 0 Å². The number of nitrogens with two attached hydrogens (primary N) is 1. The fourth-order valence-corrected chi connectivity index (χ4v) is 2.09. The Balaban J connectivity index is 4.59. The van der Waals surface area contributed by atoms with Gasteiger partial charge < -0.3 is 25.2 Å². The lowest BCUT2D eigenvalue weighted by atomic mass is 10.3. The van der Waals surface area contributed by atoms with E-state index in [1.165, 1.54) is 0 Å². The number of esters is 2. The van der Waals surface area contributed by atoms with Crippen LogP contribution < -0.4 is 5.73 Å². The zero-order valence-corrected chi connectivity index (χ0v) is 15.0. The minimum atomic E-state index is -4.63. The van der Waals surface area contributed by atoms with Gasteiger partial charge in [-0.1, -0.05) is 13.8 Å². The summed E-state index contributed by atoms with van der Waals surface area (Å²) in [6.45, 7) is 1.61. The number of aliphatic carboxylic acids is 1. The van der Waals surface area contributed by atoms with Crippen molar-refractivity contribution in [1.29, 1.82) is 0 Å². The van der Waals surface area contributed by atoms with Gasteiger partial charge in [-0.3, -0.25) is 23.4 Å². The number of phosphoric ester groups is 1. The molecule has 0 aliphatic rings. The van der Waals surface area contributed by atoms with E-state index in [-0.39, 0.29) is 19.4 Å². The molecular formula is C13H24NO10P. The smallest absolute Gasteiger partial charge is 0.472 e. The molecule has 1 unspecified atom stereocenters. The first-order valence-electron chi connectivity index (χ1n) is 7.56. The highest BCUT2D eigenvalue weighted by Crippen LogP contribution is 2.43. The molecule has 0 bridgehead atoms. The Morgan fingerprint density at radius 3 is 2.20 bits per heavy atom. The Morgan fingerprint density at radius 2 is 1.68 bits per heavy atom. The van der Waals surface area contributed by atoms with Crippen LogP contribution in [0.4, 0.5) is 0 Å². The summed E-state index contributed by atoms with van der Waals surface area (Å²) < 4.78 is 30.6. The Kier molecular flexibility index (Phi) is 11.2. The zero-order valence-electron chi connectivity index (χ0n) is 14.1. The maximum atomic E-state index is 11.7. The highest BCUT2D eigenvalue weighted by Gasteiger charge is 2.27. The first-order valence-corrected chi connectivity index (χ1v) is 9.06. The molecule has 0 saturated heterocycles. The van der Waals surface area contributed by atoms with Gasteiger partial charge in [-0.15, -0.1) is 0 Å². The molecular weight excluding hydrogens is 361 g/mol. The molecule has 4 N–H and O–H groups in total. The summed E-state index contributed by atoms with van der Waals surface area (Å²) >= 11 is 0. The third-order valence-corrected chi connectivity index (χ3v) is 3.58. The van der Waals surface area contributed by atoms with Crippen LogP contribution in [0, 0.1) is 0 Å². The molecule has 0 spiro atoms. The van der Waals surface area contributed by atoms with Gasteiger partial charge in [0.25, 0.3) is 0 Å². The lowest BCUT2D eigenvalue weighted by Crippen LogP contribution is -2.34. The number of ether oxygens (including phenoxy) is 2. The van der Waals surface area contributed by atoms with E-state index in [4.69, 9.17) is 20.3 Å². The van der Waals surface area contributed by atoms with Crippen LogP contribution in [-0.2, 0) is 37.5 Å². The van der Waals surface area contributed by atoms with Crippen LogP contribution in [0.3, 0.4) is 0 Å². The second-order valence-electron chi connectivity index (χ2n) is 4.90. The normalized spacial score (nSPS) is 15.7. The molecule has 0 fully saturated rings. The largest absolute Gasteiger partial charge is 0.480 e. The van der Waals surface area contributed by atoms with E-state index in [0.29, 0.717) is 6.42 Å². The lowest BCUT2D eigenvalue weighted by molar-refractivity contribution is -0.161. The predicted molar refractivity (Wildman–Crippen MR) is 83.4 cm³/mol. The number of hydrogen-bond acceptors (Lipinski definition) is 9. The second-order valence-corrected chi connectivity index (χ2v) is 6.36. The summed E-state index contributed by atoms with van der Waals surface area (Å²) in [6.07, 6.45) is -0.383. The van der Waals surface area contributed by atoms with Gasteiger partial charge in [0.05, 0.1) is 13.2 Å². The summed E-state index contributed by atoms with van der Waals surface area (Å²) in [5, 5.41) is 8.57. The van der Waals surface area contributed by atoms with Gasteiger partial charge in [0, 0.05) is 12.8 Å². The molecule has 0 aromatic heterocycles. The molecule has 11 nitrogen and oxygen atoms in total. The van der Waals surface area contributed by atoms with Gasteiger partial charge in [-0.25, -0.2) is 4.57 Å². The maximum Gasteiger partial charge on any atom is 0.472 e.